The summed E-state index contributed by atoms with van der Waals surface area (Å²) < 4.78 is 10.3. The fraction of sp³-hybridized carbons (Fsp3) is 0.700. The SMILES string of the molecule is CC(=NCCCCC(N)C1OC=CO1)NO. The Morgan fingerprint density at radius 2 is 2.19 bits per heavy atom. The number of hydrogen-bond acceptors (Lipinski definition) is 5. The first-order valence-electron chi connectivity index (χ1n) is 5.36. The number of nitrogens with zero attached hydrogens (tertiary/aromatic N) is 1. The lowest BCUT2D eigenvalue weighted by Gasteiger charge is -2.17. The molecule has 1 atom stereocenters. The summed E-state index contributed by atoms with van der Waals surface area (Å²) in [5, 5.41) is 8.48. The van der Waals surface area contributed by atoms with Crippen molar-refractivity contribution >= 4 is 5.84 Å². The van der Waals surface area contributed by atoms with Gasteiger partial charge < -0.3 is 15.2 Å². The maximum absolute atomic E-state index is 8.48. The van der Waals surface area contributed by atoms with Gasteiger partial charge in [-0.3, -0.25) is 15.7 Å². The molecule has 6 heteroatoms. The molecule has 16 heavy (non-hydrogen) atoms. The summed E-state index contributed by atoms with van der Waals surface area (Å²) in [5.41, 5.74) is 7.86. The molecule has 0 aromatic heterocycles. The van der Waals surface area contributed by atoms with Gasteiger partial charge in [-0.15, -0.1) is 0 Å². The Morgan fingerprint density at radius 1 is 1.50 bits per heavy atom. The molecule has 1 rings (SSSR count). The lowest BCUT2D eigenvalue weighted by Crippen LogP contribution is -2.35. The molecular weight excluding hydrogens is 210 g/mol. The Morgan fingerprint density at radius 3 is 2.81 bits per heavy atom. The molecule has 1 unspecified atom stereocenters. The van der Waals surface area contributed by atoms with Crippen LogP contribution < -0.4 is 11.2 Å². The minimum atomic E-state index is -0.343. The van der Waals surface area contributed by atoms with Crippen LogP contribution in [0.5, 0.6) is 0 Å². The highest BCUT2D eigenvalue weighted by atomic mass is 16.7. The first-order chi connectivity index (χ1) is 7.74. The molecular formula is C10H19N3O3. The number of nitrogens with two attached hydrogens (primary N) is 1. The average Bonchev–Trinajstić information content (AvgIpc) is 2.81. The number of nitrogens with one attached hydrogen (secondary N) is 1. The summed E-state index contributed by atoms with van der Waals surface area (Å²) >= 11 is 0. The lowest BCUT2D eigenvalue weighted by molar-refractivity contribution is -0.0429. The maximum Gasteiger partial charge on any atom is 0.254 e. The van der Waals surface area contributed by atoms with Gasteiger partial charge in [0.1, 0.15) is 18.4 Å². The van der Waals surface area contributed by atoms with Crippen molar-refractivity contribution in [2.45, 2.75) is 38.5 Å². The van der Waals surface area contributed by atoms with Gasteiger partial charge in [0.25, 0.3) is 6.29 Å². The number of ether oxygens (including phenoxy) is 2. The summed E-state index contributed by atoms with van der Waals surface area (Å²) in [6.45, 7) is 2.38. The van der Waals surface area contributed by atoms with Gasteiger partial charge in [-0.25, -0.2) is 0 Å². The van der Waals surface area contributed by atoms with E-state index in [0.717, 1.165) is 19.3 Å². The van der Waals surface area contributed by atoms with Gasteiger partial charge in [0.2, 0.25) is 0 Å². The minimum absolute atomic E-state index is 0.115. The summed E-state index contributed by atoms with van der Waals surface area (Å²) in [6, 6.07) is -0.115. The van der Waals surface area contributed by atoms with E-state index in [9.17, 15) is 0 Å². The van der Waals surface area contributed by atoms with Crippen LogP contribution in [0.25, 0.3) is 0 Å². The van der Waals surface area contributed by atoms with E-state index >= 15 is 0 Å². The van der Waals surface area contributed by atoms with Crippen molar-refractivity contribution in [1.29, 1.82) is 0 Å². The summed E-state index contributed by atoms with van der Waals surface area (Å²) in [4.78, 5) is 4.08. The largest absolute Gasteiger partial charge is 0.458 e. The normalized spacial score (nSPS) is 18.1. The number of hydrogen-bond donors (Lipinski definition) is 3. The molecule has 0 radical (unpaired) electrons. The van der Waals surface area contributed by atoms with Crippen LogP contribution in [0, 0.1) is 0 Å². The van der Waals surface area contributed by atoms with Crippen LogP contribution in [0.2, 0.25) is 0 Å². The monoisotopic (exact) mass is 229 g/mol. The van der Waals surface area contributed by atoms with E-state index in [1.807, 2.05) is 5.48 Å². The van der Waals surface area contributed by atoms with Crippen LogP contribution in [-0.2, 0) is 9.47 Å². The van der Waals surface area contributed by atoms with E-state index in [1.54, 1.807) is 6.92 Å². The van der Waals surface area contributed by atoms with Gasteiger partial charge in [0.15, 0.2) is 0 Å². The number of rotatable bonds is 6. The molecule has 1 aliphatic heterocycles. The van der Waals surface area contributed by atoms with Gasteiger partial charge in [-0.1, -0.05) is 0 Å². The third-order valence-corrected chi connectivity index (χ3v) is 2.29. The topological polar surface area (TPSA) is 89.1 Å². The molecule has 0 aromatic carbocycles. The van der Waals surface area contributed by atoms with Crippen LogP contribution in [-0.4, -0.2) is 29.9 Å². The third kappa shape index (κ3) is 4.50. The highest BCUT2D eigenvalue weighted by Crippen LogP contribution is 2.12. The van der Waals surface area contributed by atoms with E-state index in [0.29, 0.717) is 12.4 Å². The van der Waals surface area contributed by atoms with Crippen LogP contribution in [0.3, 0.4) is 0 Å². The second kappa shape index (κ2) is 7.08. The Balaban J connectivity index is 2.02. The van der Waals surface area contributed by atoms with E-state index in [-0.39, 0.29) is 12.3 Å². The molecule has 0 amide bonds. The Bertz CT molecular complexity index is 248. The van der Waals surface area contributed by atoms with Crippen LogP contribution >= 0.6 is 0 Å². The molecule has 92 valence electrons. The second-order valence-corrected chi connectivity index (χ2v) is 3.65. The average molecular weight is 229 g/mol. The van der Waals surface area contributed by atoms with Crippen LogP contribution in [0.1, 0.15) is 26.2 Å². The summed E-state index contributed by atoms with van der Waals surface area (Å²) in [6.07, 6.45) is 5.37. The van der Waals surface area contributed by atoms with Crippen molar-refractivity contribution in [3.8, 4) is 0 Å². The molecule has 0 aliphatic carbocycles. The molecule has 1 aliphatic rings. The van der Waals surface area contributed by atoms with E-state index in [1.165, 1.54) is 12.5 Å². The van der Waals surface area contributed by atoms with Crippen molar-refractivity contribution in [3.63, 3.8) is 0 Å². The summed E-state index contributed by atoms with van der Waals surface area (Å²) in [7, 11) is 0. The molecule has 0 fully saturated rings. The molecule has 6 nitrogen and oxygen atoms in total. The van der Waals surface area contributed by atoms with E-state index in [2.05, 4.69) is 4.99 Å². The number of unbranched alkanes of at least 4 members (excludes halogenated alkanes) is 1. The highest BCUT2D eigenvalue weighted by molar-refractivity contribution is 5.78. The third-order valence-electron chi connectivity index (χ3n) is 2.29. The second-order valence-electron chi connectivity index (χ2n) is 3.65. The Hall–Kier alpha value is -1.27. The Labute approximate surface area is 95.1 Å². The van der Waals surface area contributed by atoms with Gasteiger partial charge >= 0.3 is 0 Å². The maximum atomic E-state index is 8.48. The van der Waals surface area contributed by atoms with E-state index < -0.39 is 0 Å². The van der Waals surface area contributed by atoms with Crippen molar-refractivity contribution in [3.05, 3.63) is 12.5 Å². The molecule has 0 saturated carbocycles. The summed E-state index contributed by atoms with van der Waals surface area (Å²) in [5.74, 6) is 0.524. The van der Waals surface area contributed by atoms with Gasteiger partial charge in [0, 0.05) is 6.54 Å². The highest BCUT2D eigenvalue weighted by Gasteiger charge is 2.20. The van der Waals surface area contributed by atoms with Crippen molar-refractivity contribution in [2.24, 2.45) is 10.7 Å². The predicted octanol–water partition coefficient (Wildman–Crippen LogP) is 0.725. The van der Waals surface area contributed by atoms with Crippen LogP contribution in [0.4, 0.5) is 0 Å². The fourth-order valence-corrected chi connectivity index (χ4v) is 1.36. The Kier molecular flexibility index (Phi) is 5.66. The van der Waals surface area contributed by atoms with Gasteiger partial charge in [-0.2, -0.15) is 0 Å². The zero-order valence-corrected chi connectivity index (χ0v) is 9.43. The van der Waals surface area contributed by atoms with Crippen molar-refractivity contribution in [1.82, 2.24) is 5.48 Å². The van der Waals surface area contributed by atoms with Gasteiger partial charge in [-0.05, 0) is 26.2 Å². The number of amidine groups is 1. The molecule has 0 spiro atoms. The zero-order valence-electron chi connectivity index (χ0n) is 9.43. The quantitative estimate of drug-likeness (QED) is 0.270. The molecule has 1 heterocycles. The standard InChI is InChI=1S/C10H19N3O3/c1-8(13-14)12-5-3-2-4-9(11)10-15-6-7-16-10/h6-7,9-10,14H,2-5,11H2,1H3,(H,12,13). The molecule has 0 saturated heterocycles. The minimum Gasteiger partial charge on any atom is -0.458 e. The first kappa shape index (κ1) is 12.8. The number of hydroxylamine groups is 1. The smallest absolute Gasteiger partial charge is 0.254 e. The predicted molar refractivity (Wildman–Crippen MR) is 59.8 cm³/mol. The molecule has 4 N–H and O–H groups in total. The van der Waals surface area contributed by atoms with Crippen molar-refractivity contribution in [2.75, 3.05) is 6.54 Å². The molecule has 0 aromatic rings. The number of aliphatic imine (C=N–C) groups is 1. The van der Waals surface area contributed by atoms with E-state index in [4.69, 9.17) is 20.4 Å². The zero-order chi connectivity index (χ0) is 11.8. The first-order valence-corrected chi connectivity index (χ1v) is 5.36. The van der Waals surface area contributed by atoms with Crippen molar-refractivity contribution < 1.29 is 14.7 Å². The van der Waals surface area contributed by atoms with Gasteiger partial charge in [0.05, 0.1) is 6.04 Å². The fourth-order valence-electron chi connectivity index (χ4n) is 1.36. The molecule has 0 bridgehead atoms. The lowest BCUT2D eigenvalue weighted by atomic mass is 10.1. The van der Waals surface area contributed by atoms with Crippen LogP contribution in [0.15, 0.2) is 17.5 Å².